The van der Waals surface area contributed by atoms with Crippen molar-refractivity contribution < 1.29 is 19.1 Å². The second kappa shape index (κ2) is 10.7. The molecule has 9 heteroatoms. The van der Waals surface area contributed by atoms with Gasteiger partial charge in [-0.3, -0.25) is 14.4 Å². The van der Waals surface area contributed by atoms with E-state index in [9.17, 15) is 14.4 Å². The van der Waals surface area contributed by atoms with Gasteiger partial charge in [-0.15, -0.1) is 0 Å². The monoisotopic (exact) mass is 480 g/mol. The average molecular weight is 481 g/mol. The van der Waals surface area contributed by atoms with E-state index in [1.165, 1.54) is 11.8 Å². The number of hydrogen-bond acceptors (Lipinski definition) is 6. The van der Waals surface area contributed by atoms with Crippen LogP contribution in [0.2, 0.25) is 0 Å². The maximum absolute atomic E-state index is 12.7. The maximum Gasteiger partial charge on any atom is 0.262 e. The second-order valence-corrected chi connectivity index (χ2v) is 9.47. The van der Waals surface area contributed by atoms with Crippen LogP contribution in [0, 0.1) is 0 Å². The number of methoxy groups -OCH3 is 1. The number of rotatable bonds is 7. The molecule has 2 aliphatic rings. The Morgan fingerprint density at radius 1 is 1.15 bits per heavy atom. The van der Waals surface area contributed by atoms with Crippen LogP contribution >= 0.6 is 11.8 Å². The van der Waals surface area contributed by atoms with E-state index in [1.807, 2.05) is 31.2 Å². The Bertz CT molecular complexity index is 1100. The molecule has 2 aromatic rings. The number of aliphatic imine (C=N–C) groups is 1. The number of anilines is 1. The van der Waals surface area contributed by atoms with Crippen molar-refractivity contribution >= 4 is 40.3 Å². The number of carbonyl (C=O) groups excluding carboxylic acids is 3. The minimum absolute atomic E-state index is 0.0585. The molecule has 2 aliphatic heterocycles. The number of para-hydroxylation sites is 1. The van der Waals surface area contributed by atoms with E-state index in [1.54, 1.807) is 31.4 Å². The van der Waals surface area contributed by atoms with Gasteiger partial charge in [-0.05, 0) is 50.1 Å². The number of amides is 3. The van der Waals surface area contributed by atoms with Crippen LogP contribution in [0.15, 0.2) is 53.5 Å². The van der Waals surface area contributed by atoms with Crippen molar-refractivity contribution in [3.8, 4) is 5.75 Å². The first kappa shape index (κ1) is 23.8. The lowest BCUT2D eigenvalue weighted by molar-refractivity contribution is -0.121. The molecule has 0 unspecified atom stereocenters. The fourth-order valence-electron chi connectivity index (χ4n) is 4.02. The summed E-state index contributed by atoms with van der Waals surface area (Å²) in [4.78, 5) is 43.6. The summed E-state index contributed by atoms with van der Waals surface area (Å²) in [5.41, 5.74) is 1.93. The van der Waals surface area contributed by atoms with Gasteiger partial charge in [0.05, 0.1) is 13.2 Å². The van der Waals surface area contributed by atoms with Crippen LogP contribution in [0.4, 0.5) is 5.69 Å². The van der Waals surface area contributed by atoms with Crippen LogP contribution in [-0.4, -0.2) is 53.2 Å². The van der Waals surface area contributed by atoms with Crippen LogP contribution in [0.5, 0.6) is 5.75 Å². The van der Waals surface area contributed by atoms with Gasteiger partial charge in [-0.25, -0.2) is 0 Å². The first-order valence-corrected chi connectivity index (χ1v) is 12.2. The molecular formula is C25H28N4O4S. The summed E-state index contributed by atoms with van der Waals surface area (Å²) in [6, 6.07) is 14.0. The molecular weight excluding hydrogens is 452 g/mol. The number of ether oxygens (including phenoxy) is 1. The third-order valence-corrected chi connectivity index (χ3v) is 7.07. The van der Waals surface area contributed by atoms with Crippen LogP contribution in [0.3, 0.4) is 0 Å². The Morgan fingerprint density at radius 2 is 1.85 bits per heavy atom. The van der Waals surface area contributed by atoms with Crippen molar-refractivity contribution in [2.75, 3.05) is 25.5 Å². The molecule has 2 N–H and O–H groups in total. The van der Waals surface area contributed by atoms with Crippen molar-refractivity contribution in [1.82, 2.24) is 10.2 Å². The van der Waals surface area contributed by atoms with E-state index in [0.29, 0.717) is 17.0 Å². The van der Waals surface area contributed by atoms with Gasteiger partial charge < -0.3 is 20.3 Å². The molecule has 178 valence electrons. The van der Waals surface area contributed by atoms with Crippen LogP contribution in [-0.2, 0) is 9.59 Å². The van der Waals surface area contributed by atoms with Crippen molar-refractivity contribution in [2.24, 2.45) is 4.99 Å². The number of amidine groups is 1. The molecule has 0 saturated carbocycles. The molecule has 3 amide bonds. The zero-order chi connectivity index (χ0) is 24.1. The zero-order valence-electron chi connectivity index (χ0n) is 19.2. The second-order valence-electron chi connectivity index (χ2n) is 8.30. The molecule has 0 aromatic heterocycles. The summed E-state index contributed by atoms with van der Waals surface area (Å²) >= 11 is 1.37. The number of benzene rings is 2. The molecule has 0 spiro atoms. The molecule has 4 rings (SSSR count). The number of nitrogens with one attached hydrogen (secondary N) is 2. The Hall–Kier alpha value is -3.33. The van der Waals surface area contributed by atoms with Gasteiger partial charge in [0.2, 0.25) is 5.91 Å². The highest BCUT2D eigenvalue weighted by atomic mass is 32.2. The van der Waals surface area contributed by atoms with E-state index in [4.69, 9.17) is 4.74 Å². The highest BCUT2D eigenvalue weighted by Crippen LogP contribution is 2.29. The van der Waals surface area contributed by atoms with Crippen molar-refractivity contribution in [3.05, 3.63) is 59.7 Å². The molecule has 0 aliphatic carbocycles. The van der Waals surface area contributed by atoms with E-state index in [0.717, 1.165) is 36.7 Å². The molecule has 2 heterocycles. The average Bonchev–Trinajstić information content (AvgIpc) is 3.49. The summed E-state index contributed by atoms with van der Waals surface area (Å²) in [5.74, 6) is -0.0231. The Labute approximate surface area is 203 Å². The van der Waals surface area contributed by atoms with E-state index in [-0.39, 0.29) is 30.2 Å². The number of thioether (sulfide) groups is 1. The summed E-state index contributed by atoms with van der Waals surface area (Å²) in [5, 5.41) is 6.01. The maximum atomic E-state index is 12.7. The molecule has 0 bridgehead atoms. The number of likely N-dealkylation sites (tertiary alicyclic amines) is 1. The summed E-state index contributed by atoms with van der Waals surface area (Å²) < 4.78 is 5.37. The lowest BCUT2D eigenvalue weighted by Crippen LogP contribution is -2.27. The Kier molecular flexibility index (Phi) is 7.52. The number of nitrogens with zero attached hydrogens (tertiary/aromatic N) is 2. The molecule has 34 heavy (non-hydrogen) atoms. The summed E-state index contributed by atoms with van der Waals surface area (Å²) in [6.07, 6.45) is 2.27. The molecule has 1 fully saturated rings. The molecule has 2 atom stereocenters. The normalized spacial score (nSPS) is 18.4. The predicted octanol–water partition coefficient (Wildman–Crippen LogP) is 3.61. The molecule has 0 radical (unpaired) electrons. The van der Waals surface area contributed by atoms with Crippen LogP contribution in [0.25, 0.3) is 0 Å². The lowest BCUT2D eigenvalue weighted by Gasteiger charge is -2.17. The predicted molar refractivity (Wildman–Crippen MR) is 133 cm³/mol. The first-order chi connectivity index (χ1) is 16.4. The highest BCUT2D eigenvalue weighted by Gasteiger charge is 2.33. The van der Waals surface area contributed by atoms with E-state index in [2.05, 4.69) is 20.5 Å². The van der Waals surface area contributed by atoms with Gasteiger partial charge >= 0.3 is 0 Å². The van der Waals surface area contributed by atoms with Gasteiger partial charge in [0.1, 0.15) is 11.0 Å². The Morgan fingerprint density at radius 3 is 2.56 bits per heavy atom. The molecule has 2 aromatic carbocycles. The summed E-state index contributed by atoms with van der Waals surface area (Å²) in [7, 11) is 1.60. The van der Waals surface area contributed by atoms with Crippen LogP contribution < -0.4 is 15.4 Å². The standard InChI is InChI=1S/C25H28N4O4S/c1-16(19-7-3-4-8-20(19)33-2)26-23(31)17-9-11-18(12-10-17)27-22(30)15-21-24(32)28-25(34-21)29-13-5-6-14-29/h3-4,7-12,16,21H,5-6,13-15H2,1-2H3,(H,26,31)(H,27,30)/t16-,21+/m0/s1. The third-order valence-electron chi connectivity index (χ3n) is 5.86. The SMILES string of the molecule is COc1ccccc1[C@H](C)NC(=O)c1ccc(NC(=O)C[C@H]2SC(N3CCCC3)=NC2=O)cc1. The Balaban J connectivity index is 1.29. The van der Waals surface area contributed by atoms with E-state index < -0.39 is 5.25 Å². The minimum atomic E-state index is -0.489. The van der Waals surface area contributed by atoms with Crippen molar-refractivity contribution in [1.29, 1.82) is 0 Å². The fraction of sp³-hybridized carbons (Fsp3) is 0.360. The molecule has 8 nitrogen and oxygen atoms in total. The first-order valence-electron chi connectivity index (χ1n) is 11.3. The fourth-order valence-corrected chi connectivity index (χ4v) is 5.14. The third kappa shape index (κ3) is 5.59. The summed E-state index contributed by atoms with van der Waals surface area (Å²) in [6.45, 7) is 3.72. The van der Waals surface area contributed by atoms with Crippen molar-refractivity contribution in [3.63, 3.8) is 0 Å². The van der Waals surface area contributed by atoms with Gasteiger partial charge in [0.25, 0.3) is 11.8 Å². The van der Waals surface area contributed by atoms with Crippen LogP contribution in [0.1, 0.15) is 48.1 Å². The largest absolute Gasteiger partial charge is 0.496 e. The van der Waals surface area contributed by atoms with Gasteiger partial charge in [0, 0.05) is 36.3 Å². The smallest absolute Gasteiger partial charge is 0.262 e. The van der Waals surface area contributed by atoms with E-state index >= 15 is 0 Å². The van der Waals surface area contributed by atoms with Gasteiger partial charge in [-0.1, -0.05) is 30.0 Å². The van der Waals surface area contributed by atoms with Gasteiger partial charge in [0.15, 0.2) is 5.17 Å². The zero-order valence-corrected chi connectivity index (χ0v) is 20.1. The number of hydrogen-bond donors (Lipinski definition) is 2. The quantitative estimate of drug-likeness (QED) is 0.628. The van der Waals surface area contributed by atoms with Gasteiger partial charge in [-0.2, -0.15) is 4.99 Å². The minimum Gasteiger partial charge on any atom is -0.496 e. The molecule has 1 saturated heterocycles. The topological polar surface area (TPSA) is 100 Å². The number of carbonyl (C=O) groups is 3. The highest BCUT2D eigenvalue weighted by molar-refractivity contribution is 8.15. The van der Waals surface area contributed by atoms with Crippen molar-refractivity contribution in [2.45, 2.75) is 37.5 Å². The lowest BCUT2D eigenvalue weighted by atomic mass is 10.1.